The van der Waals surface area contributed by atoms with Crippen LogP contribution in [-0.2, 0) is 20.8 Å². The van der Waals surface area contributed by atoms with Gasteiger partial charge in [-0.2, -0.15) is 0 Å². The third-order valence-corrected chi connectivity index (χ3v) is 5.85. The Hall–Kier alpha value is -3.52. The predicted molar refractivity (Wildman–Crippen MR) is 118 cm³/mol. The van der Waals surface area contributed by atoms with E-state index in [1.165, 1.54) is 19.7 Å². The van der Waals surface area contributed by atoms with Crippen LogP contribution in [0.5, 0.6) is 0 Å². The van der Waals surface area contributed by atoms with Crippen molar-refractivity contribution in [1.82, 2.24) is 10.2 Å². The maximum atomic E-state index is 12.8. The van der Waals surface area contributed by atoms with Crippen LogP contribution < -0.4 is 11.1 Å². The molecule has 1 aliphatic carbocycles. The van der Waals surface area contributed by atoms with E-state index in [9.17, 15) is 24.3 Å². The smallest absolute Gasteiger partial charge is 0.287 e. The third kappa shape index (κ3) is 5.03. The van der Waals surface area contributed by atoms with Crippen LogP contribution >= 0.6 is 0 Å². The van der Waals surface area contributed by atoms with Crippen LogP contribution in [0.4, 0.5) is 0 Å². The van der Waals surface area contributed by atoms with E-state index in [4.69, 9.17) is 5.73 Å². The van der Waals surface area contributed by atoms with Crippen LogP contribution in [0.15, 0.2) is 48.5 Å². The van der Waals surface area contributed by atoms with Gasteiger partial charge in [0.2, 0.25) is 0 Å². The number of primary amides is 1. The molecule has 0 spiro atoms. The van der Waals surface area contributed by atoms with Gasteiger partial charge in [0.05, 0.1) is 6.10 Å². The maximum Gasteiger partial charge on any atom is 0.287 e. The lowest BCUT2D eigenvalue weighted by atomic mass is 9.78. The van der Waals surface area contributed by atoms with Gasteiger partial charge in [0, 0.05) is 19.7 Å². The first-order chi connectivity index (χ1) is 15.2. The molecule has 2 aromatic rings. The third-order valence-electron chi connectivity index (χ3n) is 5.85. The van der Waals surface area contributed by atoms with Crippen molar-refractivity contribution in [3.63, 3.8) is 0 Å². The summed E-state index contributed by atoms with van der Waals surface area (Å²) in [6, 6.07) is 13.3. The molecule has 168 valence electrons. The summed E-state index contributed by atoms with van der Waals surface area (Å²) in [4.78, 5) is 49.1. The summed E-state index contributed by atoms with van der Waals surface area (Å²) >= 11 is 0. The minimum atomic E-state index is -1.63. The van der Waals surface area contributed by atoms with Gasteiger partial charge in [0.15, 0.2) is 6.04 Å². The van der Waals surface area contributed by atoms with Crippen molar-refractivity contribution in [3.05, 3.63) is 59.7 Å². The van der Waals surface area contributed by atoms with Crippen molar-refractivity contribution < 1.29 is 24.3 Å². The Morgan fingerprint density at radius 3 is 2.03 bits per heavy atom. The molecule has 3 rings (SSSR count). The molecule has 1 unspecified atom stereocenters. The number of aliphatic hydroxyl groups is 1. The van der Waals surface area contributed by atoms with Crippen LogP contribution in [-0.4, -0.2) is 59.8 Å². The number of nitrogens with two attached hydrogens (primary N) is 1. The second-order valence-corrected chi connectivity index (χ2v) is 8.13. The van der Waals surface area contributed by atoms with Crippen LogP contribution in [0.3, 0.4) is 0 Å². The number of benzene rings is 2. The zero-order valence-electron chi connectivity index (χ0n) is 18.1. The molecule has 8 nitrogen and oxygen atoms in total. The molecular weight excluding hydrogens is 410 g/mol. The topological polar surface area (TPSA) is 130 Å². The minimum Gasteiger partial charge on any atom is -0.393 e. The standard InChI is InChI=1S/C24H27N3O5/c1-26-23(31)20(21(29)22(25)30)27(2)24(32)18-9-7-17(8-10-18)16-5-3-14(4-6-16)11-15-12-19(28)13-15/h3-10,15,19-20,28H,11-13H2,1-2H3,(H2,25,30)(H,26,31). The summed E-state index contributed by atoms with van der Waals surface area (Å²) in [5.74, 6) is -3.28. The first-order valence-electron chi connectivity index (χ1n) is 10.4. The molecule has 0 heterocycles. The van der Waals surface area contributed by atoms with Crippen molar-refractivity contribution in [2.45, 2.75) is 31.4 Å². The highest BCUT2D eigenvalue weighted by molar-refractivity contribution is 6.42. The van der Waals surface area contributed by atoms with Gasteiger partial charge in [-0.1, -0.05) is 36.4 Å². The zero-order valence-corrected chi connectivity index (χ0v) is 18.1. The largest absolute Gasteiger partial charge is 0.393 e. The first-order valence-corrected chi connectivity index (χ1v) is 10.4. The van der Waals surface area contributed by atoms with Gasteiger partial charge in [0.1, 0.15) is 0 Å². The first kappa shape index (κ1) is 23.1. The SMILES string of the molecule is CNC(=O)C(C(=O)C(N)=O)N(C)C(=O)c1ccc(-c2ccc(CC3CC(O)C3)cc2)cc1. The quantitative estimate of drug-likeness (QED) is 0.417. The molecule has 32 heavy (non-hydrogen) atoms. The minimum absolute atomic E-state index is 0.153. The number of hydrogen-bond donors (Lipinski definition) is 3. The number of Topliss-reactive ketones (excluding diaryl/α,β-unsaturated/α-hetero) is 1. The molecule has 4 N–H and O–H groups in total. The lowest BCUT2D eigenvalue weighted by Gasteiger charge is -2.31. The Morgan fingerprint density at radius 2 is 1.56 bits per heavy atom. The summed E-state index contributed by atoms with van der Waals surface area (Å²) in [6.07, 6.45) is 2.52. The fourth-order valence-electron chi connectivity index (χ4n) is 3.90. The highest BCUT2D eigenvalue weighted by Gasteiger charge is 2.36. The number of nitrogens with zero attached hydrogens (tertiary/aromatic N) is 1. The molecule has 1 saturated carbocycles. The summed E-state index contributed by atoms with van der Waals surface area (Å²) in [6.45, 7) is 0. The number of likely N-dealkylation sites (N-methyl/N-ethyl adjacent to an activating group) is 2. The lowest BCUT2D eigenvalue weighted by molar-refractivity contribution is -0.142. The van der Waals surface area contributed by atoms with E-state index in [0.29, 0.717) is 5.92 Å². The molecule has 3 amide bonds. The Bertz CT molecular complexity index is 1010. The molecule has 8 heteroatoms. The highest BCUT2D eigenvalue weighted by Crippen LogP contribution is 2.31. The Balaban J connectivity index is 1.71. The molecule has 2 aromatic carbocycles. The molecule has 1 atom stereocenters. The normalized spacial score (nSPS) is 18.2. The number of ketones is 1. The predicted octanol–water partition coefficient (Wildman–Crippen LogP) is 0.908. The average Bonchev–Trinajstić information content (AvgIpc) is 2.78. The number of carbonyl (C=O) groups excluding carboxylic acids is 4. The number of aliphatic hydroxyl groups excluding tert-OH is 1. The maximum absolute atomic E-state index is 12.8. The fourth-order valence-corrected chi connectivity index (χ4v) is 3.90. The van der Waals surface area contributed by atoms with Gasteiger partial charge in [-0.3, -0.25) is 19.2 Å². The van der Waals surface area contributed by atoms with E-state index in [0.717, 1.165) is 35.3 Å². The van der Waals surface area contributed by atoms with E-state index in [1.807, 2.05) is 12.1 Å². The summed E-state index contributed by atoms with van der Waals surface area (Å²) in [7, 11) is 2.58. The molecular formula is C24H27N3O5. The summed E-state index contributed by atoms with van der Waals surface area (Å²) < 4.78 is 0. The van der Waals surface area contributed by atoms with Gasteiger partial charge in [-0.15, -0.1) is 0 Å². The molecule has 1 fully saturated rings. The molecule has 0 bridgehead atoms. The van der Waals surface area contributed by atoms with E-state index >= 15 is 0 Å². The second-order valence-electron chi connectivity index (χ2n) is 8.13. The highest BCUT2D eigenvalue weighted by atomic mass is 16.3. The van der Waals surface area contributed by atoms with Crippen LogP contribution in [0.1, 0.15) is 28.8 Å². The number of carbonyl (C=O) groups is 4. The van der Waals surface area contributed by atoms with Crippen LogP contribution in [0.2, 0.25) is 0 Å². The van der Waals surface area contributed by atoms with Crippen molar-refractivity contribution in [2.24, 2.45) is 11.7 Å². The van der Waals surface area contributed by atoms with Crippen LogP contribution in [0.25, 0.3) is 11.1 Å². The number of nitrogens with one attached hydrogen (secondary N) is 1. The van der Waals surface area contributed by atoms with Crippen molar-refractivity contribution in [3.8, 4) is 11.1 Å². The van der Waals surface area contributed by atoms with Gasteiger partial charge >= 0.3 is 0 Å². The van der Waals surface area contributed by atoms with Gasteiger partial charge in [-0.25, -0.2) is 0 Å². The second kappa shape index (κ2) is 9.74. The zero-order chi connectivity index (χ0) is 23.4. The Morgan fingerprint density at radius 1 is 1.03 bits per heavy atom. The molecule has 0 radical (unpaired) electrons. The molecule has 0 aromatic heterocycles. The fraction of sp³-hybridized carbons (Fsp3) is 0.333. The monoisotopic (exact) mass is 437 g/mol. The summed E-state index contributed by atoms with van der Waals surface area (Å²) in [5, 5.41) is 11.7. The van der Waals surface area contributed by atoms with Crippen LogP contribution in [0, 0.1) is 5.92 Å². The van der Waals surface area contributed by atoms with Gasteiger partial charge in [-0.05, 0) is 54.0 Å². The van der Waals surface area contributed by atoms with E-state index < -0.39 is 29.5 Å². The van der Waals surface area contributed by atoms with Crippen molar-refractivity contribution in [2.75, 3.05) is 14.1 Å². The molecule has 1 aliphatic rings. The van der Waals surface area contributed by atoms with Crippen molar-refractivity contribution in [1.29, 1.82) is 0 Å². The number of hydrogen-bond acceptors (Lipinski definition) is 5. The van der Waals surface area contributed by atoms with Gasteiger partial charge < -0.3 is 21.1 Å². The summed E-state index contributed by atoms with van der Waals surface area (Å²) in [5.41, 5.74) is 8.41. The number of amides is 3. The Labute approximate surface area is 186 Å². The van der Waals surface area contributed by atoms with E-state index in [1.54, 1.807) is 24.3 Å². The number of rotatable bonds is 8. The van der Waals surface area contributed by atoms with E-state index in [2.05, 4.69) is 17.4 Å². The van der Waals surface area contributed by atoms with E-state index in [-0.39, 0.29) is 11.7 Å². The Kier molecular flexibility index (Phi) is 7.05. The van der Waals surface area contributed by atoms with Gasteiger partial charge in [0.25, 0.3) is 23.5 Å². The average molecular weight is 437 g/mol. The lowest BCUT2D eigenvalue weighted by Crippen LogP contribution is -2.54. The van der Waals surface area contributed by atoms with Crippen molar-refractivity contribution >= 4 is 23.5 Å². The molecule has 0 saturated heterocycles. The molecule has 0 aliphatic heterocycles.